The Morgan fingerprint density at radius 1 is 1.23 bits per heavy atom. The standard InChI is InChI=1S/C20H19ClFN3O/c1-3-13(2)23-20(26)19-12-18(16-6-4-5-7-17(16)22)24-25(19)15-10-8-14(21)9-11-15/h4-13H,3H2,1-2H3,(H,23,26). The van der Waals surface area contributed by atoms with Gasteiger partial charge in [0.1, 0.15) is 11.5 Å². The molecule has 1 unspecified atom stereocenters. The van der Waals surface area contributed by atoms with E-state index >= 15 is 0 Å². The third-order valence-corrected chi connectivity index (χ3v) is 4.40. The minimum Gasteiger partial charge on any atom is -0.348 e. The topological polar surface area (TPSA) is 46.9 Å². The Bertz CT molecular complexity index is 921. The van der Waals surface area contributed by atoms with Gasteiger partial charge in [0.15, 0.2) is 0 Å². The SMILES string of the molecule is CCC(C)NC(=O)c1cc(-c2ccccc2F)nn1-c1ccc(Cl)cc1. The van der Waals surface area contributed by atoms with Crippen molar-refractivity contribution >= 4 is 17.5 Å². The summed E-state index contributed by atoms with van der Waals surface area (Å²) in [7, 11) is 0. The Morgan fingerprint density at radius 3 is 2.58 bits per heavy atom. The monoisotopic (exact) mass is 371 g/mol. The zero-order valence-electron chi connectivity index (χ0n) is 14.5. The first kappa shape index (κ1) is 18.1. The minimum atomic E-state index is -0.387. The molecule has 0 radical (unpaired) electrons. The van der Waals surface area contributed by atoms with Crippen molar-refractivity contribution in [3.05, 3.63) is 71.1 Å². The number of aromatic nitrogens is 2. The molecular formula is C20H19ClFN3O. The van der Waals surface area contributed by atoms with Crippen LogP contribution in [0.4, 0.5) is 4.39 Å². The fourth-order valence-corrected chi connectivity index (χ4v) is 2.65. The van der Waals surface area contributed by atoms with Gasteiger partial charge in [-0.1, -0.05) is 30.7 Å². The second-order valence-electron chi connectivity index (χ2n) is 6.07. The molecule has 1 aromatic heterocycles. The molecule has 26 heavy (non-hydrogen) atoms. The van der Waals surface area contributed by atoms with Crippen molar-refractivity contribution in [3.8, 4) is 16.9 Å². The lowest BCUT2D eigenvalue weighted by Gasteiger charge is -2.12. The zero-order valence-corrected chi connectivity index (χ0v) is 15.3. The van der Waals surface area contributed by atoms with Gasteiger partial charge in [-0.2, -0.15) is 5.10 Å². The van der Waals surface area contributed by atoms with E-state index in [1.165, 1.54) is 10.7 Å². The van der Waals surface area contributed by atoms with E-state index in [9.17, 15) is 9.18 Å². The number of hydrogen-bond donors (Lipinski definition) is 1. The van der Waals surface area contributed by atoms with Crippen LogP contribution in [0, 0.1) is 5.82 Å². The number of amides is 1. The van der Waals surface area contributed by atoms with E-state index in [2.05, 4.69) is 10.4 Å². The van der Waals surface area contributed by atoms with Gasteiger partial charge < -0.3 is 5.32 Å². The van der Waals surface area contributed by atoms with Crippen LogP contribution in [0.3, 0.4) is 0 Å². The lowest BCUT2D eigenvalue weighted by molar-refractivity contribution is 0.0931. The maximum absolute atomic E-state index is 14.2. The Balaban J connectivity index is 2.10. The van der Waals surface area contributed by atoms with Gasteiger partial charge in [-0.3, -0.25) is 4.79 Å². The van der Waals surface area contributed by atoms with Gasteiger partial charge in [-0.15, -0.1) is 0 Å². The van der Waals surface area contributed by atoms with Crippen molar-refractivity contribution in [3.63, 3.8) is 0 Å². The smallest absolute Gasteiger partial charge is 0.270 e. The molecule has 134 valence electrons. The molecule has 0 spiro atoms. The van der Waals surface area contributed by atoms with Gasteiger partial charge >= 0.3 is 0 Å². The van der Waals surface area contributed by atoms with E-state index in [4.69, 9.17) is 11.6 Å². The highest BCUT2D eigenvalue weighted by Gasteiger charge is 2.20. The Kier molecular flexibility index (Phi) is 5.38. The molecule has 1 heterocycles. The van der Waals surface area contributed by atoms with Crippen molar-refractivity contribution in [2.75, 3.05) is 0 Å². The highest BCUT2D eigenvalue weighted by Crippen LogP contribution is 2.25. The molecule has 0 bridgehead atoms. The molecule has 0 aliphatic rings. The second kappa shape index (κ2) is 7.70. The maximum atomic E-state index is 14.2. The Morgan fingerprint density at radius 2 is 1.92 bits per heavy atom. The molecule has 4 nitrogen and oxygen atoms in total. The van der Waals surface area contributed by atoms with E-state index in [1.54, 1.807) is 48.5 Å². The molecule has 0 fully saturated rings. The third kappa shape index (κ3) is 3.78. The summed E-state index contributed by atoms with van der Waals surface area (Å²) in [6, 6.07) is 15.0. The van der Waals surface area contributed by atoms with Crippen molar-refractivity contribution < 1.29 is 9.18 Å². The molecule has 1 atom stereocenters. The van der Waals surface area contributed by atoms with Crippen LogP contribution >= 0.6 is 11.6 Å². The summed E-state index contributed by atoms with van der Waals surface area (Å²) in [6.07, 6.45) is 0.807. The highest BCUT2D eigenvalue weighted by atomic mass is 35.5. The summed E-state index contributed by atoms with van der Waals surface area (Å²) in [6.45, 7) is 3.92. The fourth-order valence-electron chi connectivity index (χ4n) is 2.52. The van der Waals surface area contributed by atoms with Crippen LogP contribution in [0.5, 0.6) is 0 Å². The molecule has 6 heteroatoms. The third-order valence-electron chi connectivity index (χ3n) is 4.15. The van der Waals surface area contributed by atoms with Gasteiger partial charge in [0.2, 0.25) is 0 Å². The molecule has 0 saturated carbocycles. The van der Waals surface area contributed by atoms with Crippen LogP contribution in [0.15, 0.2) is 54.6 Å². The first-order chi connectivity index (χ1) is 12.5. The number of benzene rings is 2. The summed E-state index contributed by atoms with van der Waals surface area (Å²) in [5, 5.41) is 7.98. The Labute approximate surface area is 156 Å². The predicted molar refractivity (Wildman–Crippen MR) is 101 cm³/mol. The first-order valence-corrected chi connectivity index (χ1v) is 8.79. The van der Waals surface area contributed by atoms with Crippen molar-refractivity contribution in [2.45, 2.75) is 26.3 Å². The quantitative estimate of drug-likeness (QED) is 0.696. The van der Waals surface area contributed by atoms with E-state index in [-0.39, 0.29) is 17.8 Å². The normalized spacial score (nSPS) is 12.0. The maximum Gasteiger partial charge on any atom is 0.270 e. The fraction of sp³-hybridized carbons (Fsp3) is 0.200. The molecule has 1 N–H and O–H groups in total. The lowest BCUT2D eigenvalue weighted by atomic mass is 10.1. The molecular weight excluding hydrogens is 353 g/mol. The molecule has 3 rings (SSSR count). The zero-order chi connectivity index (χ0) is 18.7. The van der Waals surface area contributed by atoms with Crippen LogP contribution in [0.25, 0.3) is 16.9 Å². The second-order valence-corrected chi connectivity index (χ2v) is 6.50. The molecule has 3 aromatic rings. The summed E-state index contributed by atoms with van der Waals surface area (Å²) >= 11 is 5.95. The number of carbonyl (C=O) groups is 1. The van der Waals surface area contributed by atoms with Crippen LogP contribution in [0.1, 0.15) is 30.8 Å². The van der Waals surface area contributed by atoms with Gasteiger partial charge in [-0.05, 0) is 55.8 Å². The van der Waals surface area contributed by atoms with Crippen molar-refractivity contribution in [1.82, 2.24) is 15.1 Å². The first-order valence-electron chi connectivity index (χ1n) is 8.41. The van der Waals surface area contributed by atoms with Gasteiger partial charge in [0.25, 0.3) is 5.91 Å². The summed E-state index contributed by atoms with van der Waals surface area (Å²) in [4.78, 5) is 12.7. The number of hydrogen-bond acceptors (Lipinski definition) is 2. The molecule has 0 aliphatic carbocycles. The van der Waals surface area contributed by atoms with Gasteiger partial charge in [-0.25, -0.2) is 9.07 Å². The molecule has 0 saturated heterocycles. The number of halogens is 2. The minimum absolute atomic E-state index is 0.0213. The van der Waals surface area contributed by atoms with Crippen molar-refractivity contribution in [1.29, 1.82) is 0 Å². The molecule has 2 aromatic carbocycles. The van der Waals surface area contributed by atoms with E-state index in [1.807, 2.05) is 13.8 Å². The van der Waals surface area contributed by atoms with Crippen molar-refractivity contribution in [2.24, 2.45) is 0 Å². The van der Waals surface area contributed by atoms with Crippen LogP contribution in [-0.2, 0) is 0 Å². The Hall–Kier alpha value is -2.66. The molecule has 1 amide bonds. The van der Waals surface area contributed by atoms with E-state index in [0.717, 1.165) is 6.42 Å². The number of rotatable bonds is 5. The lowest BCUT2D eigenvalue weighted by Crippen LogP contribution is -2.33. The predicted octanol–water partition coefficient (Wildman–Crippen LogP) is 4.86. The van der Waals surface area contributed by atoms with Crippen LogP contribution < -0.4 is 5.32 Å². The highest BCUT2D eigenvalue weighted by molar-refractivity contribution is 6.30. The van der Waals surface area contributed by atoms with Crippen LogP contribution in [0.2, 0.25) is 5.02 Å². The average molecular weight is 372 g/mol. The largest absolute Gasteiger partial charge is 0.348 e. The van der Waals surface area contributed by atoms with Crippen LogP contribution in [-0.4, -0.2) is 21.7 Å². The number of nitrogens with zero attached hydrogens (tertiary/aromatic N) is 2. The van der Waals surface area contributed by atoms with E-state index < -0.39 is 0 Å². The summed E-state index contributed by atoms with van der Waals surface area (Å²) in [5.74, 6) is -0.647. The summed E-state index contributed by atoms with van der Waals surface area (Å²) in [5.41, 5.74) is 1.75. The summed E-state index contributed by atoms with van der Waals surface area (Å²) < 4.78 is 15.7. The van der Waals surface area contributed by atoms with Gasteiger partial charge in [0, 0.05) is 16.6 Å². The van der Waals surface area contributed by atoms with E-state index in [0.29, 0.717) is 27.7 Å². The number of nitrogens with one attached hydrogen (secondary N) is 1. The number of carbonyl (C=O) groups excluding carboxylic acids is 1. The van der Waals surface area contributed by atoms with Gasteiger partial charge in [0.05, 0.1) is 11.4 Å². The average Bonchev–Trinajstić information content (AvgIpc) is 3.08. The molecule has 0 aliphatic heterocycles.